The maximum Gasteiger partial charge on any atom is 0.322 e. The molecule has 7 heteroatoms. The van der Waals surface area contributed by atoms with Crippen molar-refractivity contribution in [1.82, 2.24) is 5.32 Å². The smallest absolute Gasteiger partial charge is 0.322 e. The van der Waals surface area contributed by atoms with Crippen LogP contribution in [0.2, 0.25) is 0 Å². The Hall–Kier alpha value is -4.39. The van der Waals surface area contributed by atoms with Crippen molar-refractivity contribution in [1.29, 1.82) is 0 Å². The molecule has 3 aromatic rings. The number of aliphatic carboxylic acids is 1. The highest BCUT2D eigenvalue weighted by Gasteiger charge is 2.28. The highest BCUT2D eigenvalue weighted by Crippen LogP contribution is 2.37. The summed E-state index contributed by atoms with van der Waals surface area (Å²) in [6.07, 6.45) is 0. The van der Waals surface area contributed by atoms with Crippen molar-refractivity contribution in [3.63, 3.8) is 0 Å². The van der Waals surface area contributed by atoms with Crippen molar-refractivity contribution in [2.75, 3.05) is 17.2 Å². The van der Waals surface area contributed by atoms with Gasteiger partial charge >= 0.3 is 5.97 Å². The molecule has 3 aromatic carbocycles. The van der Waals surface area contributed by atoms with Crippen LogP contribution >= 0.6 is 0 Å². The van der Waals surface area contributed by atoms with E-state index in [1.807, 2.05) is 54.6 Å². The second kappa shape index (κ2) is 8.54. The van der Waals surface area contributed by atoms with E-state index in [4.69, 9.17) is 5.11 Å². The van der Waals surface area contributed by atoms with Crippen LogP contribution < -0.4 is 16.0 Å². The van der Waals surface area contributed by atoms with Crippen molar-refractivity contribution in [2.45, 2.75) is 0 Å². The van der Waals surface area contributed by atoms with Gasteiger partial charge in [-0.05, 0) is 29.8 Å². The minimum atomic E-state index is -1.12. The average molecular weight is 413 g/mol. The van der Waals surface area contributed by atoms with Gasteiger partial charge in [0, 0.05) is 22.5 Å². The highest BCUT2D eigenvalue weighted by atomic mass is 16.4. The molecule has 0 atom stereocenters. The first-order valence-corrected chi connectivity index (χ1v) is 9.60. The Kier molecular flexibility index (Phi) is 5.49. The topological polar surface area (TPSA) is 108 Å². The number of benzene rings is 3. The van der Waals surface area contributed by atoms with Gasteiger partial charge in [0.25, 0.3) is 11.8 Å². The SMILES string of the molecule is O=C(O)CNC(=O)c1cccc(N/C(=C2\C(=O)Nc3ccccc32)c2ccccc2)c1. The van der Waals surface area contributed by atoms with Gasteiger partial charge in [-0.1, -0.05) is 54.6 Å². The Morgan fingerprint density at radius 2 is 1.58 bits per heavy atom. The van der Waals surface area contributed by atoms with E-state index in [2.05, 4.69) is 16.0 Å². The number of carboxylic acid groups (broad SMARTS) is 1. The number of anilines is 2. The predicted octanol–water partition coefficient (Wildman–Crippen LogP) is 3.43. The normalized spacial score (nSPS) is 13.7. The Balaban J connectivity index is 1.75. The zero-order valence-corrected chi connectivity index (χ0v) is 16.4. The fourth-order valence-electron chi connectivity index (χ4n) is 3.39. The molecule has 2 amide bonds. The first-order valence-electron chi connectivity index (χ1n) is 9.60. The van der Waals surface area contributed by atoms with E-state index in [-0.39, 0.29) is 5.91 Å². The monoisotopic (exact) mass is 413 g/mol. The Bertz CT molecular complexity index is 1200. The van der Waals surface area contributed by atoms with Crippen LogP contribution in [0.4, 0.5) is 11.4 Å². The molecule has 7 nitrogen and oxygen atoms in total. The van der Waals surface area contributed by atoms with E-state index in [0.717, 1.165) is 16.8 Å². The predicted molar refractivity (Wildman–Crippen MR) is 118 cm³/mol. The maximum absolute atomic E-state index is 12.8. The van der Waals surface area contributed by atoms with Crippen molar-refractivity contribution >= 4 is 40.4 Å². The van der Waals surface area contributed by atoms with E-state index >= 15 is 0 Å². The Labute approximate surface area is 178 Å². The van der Waals surface area contributed by atoms with Crippen LogP contribution in [0.3, 0.4) is 0 Å². The van der Waals surface area contributed by atoms with Gasteiger partial charge < -0.3 is 21.1 Å². The largest absolute Gasteiger partial charge is 0.480 e. The second-order valence-corrected chi connectivity index (χ2v) is 6.90. The van der Waals surface area contributed by atoms with Crippen molar-refractivity contribution in [3.8, 4) is 0 Å². The molecule has 0 aromatic heterocycles. The van der Waals surface area contributed by atoms with E-state index < -0.39 is 18.4 Å². The number of rotatable bonds is 6. The minimum absolute atomic E-state index is 0.220. The molecule has 0 spiro atoms. The number of carbonyl (C=O) groups excluding carboxylic acids is 2. The number of para-hydroxylation sites is 1. The van der Waals surface area contributed by atoms with Crippen LogP contribution in [0, 0.1) is 0 Å². The molecule has 0 saturated carbocycles. The summed E-state index contributed by atoms with van der Waals surface area (Å²) < 4.78 is 0. The molecule has 0 unspecified atom stereocenters. The summed E-state index contributed by atoms with van der Waals surface area (Å²) in [5.74, 6) is -1.84. The van der Waals surface area contributed by atoms with Crippen LogP contribution in [0.5, 0.6) is 0 Å². The Morgan fingerprint density at radius 3 is 2.35 bits per heavy atom. The molecule has 1 heterocycles. The molecule has 154 valence electrons. The fourth-order valence-corrected chi connectivity index (χ4v) is 3.39. The Morgan fingerprint density at radius 1 is 0.871 bits per heavy atom. The molecule has 0 saturated heterocycles. The summed E-state index contributed by atoms with van der Waals surface area (Å²) in [5, 5.41) is 17.3. The highest BCUT2D eigenvalue weighted by molar-refractivity contribution is 6.37. The molecular weight excluding hydrogens is 394 g/mol. The third kappa shape index (κ3) is 4.30. The van der Waals surface area contributed by atoms with Crippen LogP contribution in [-0.4, -0.2) is 29.4 Å². The molecule has 1 aliphatic rings. The number of hydrogen-bond acceptors (Lipinski definition) is 4. The zero-order chi connectivity index (χ0) is 21.8. The van der Waals surface area contributed by atoms with Gasteiger partial charge in [-0.25, -0.2) is 0 Å². The second-order valence-electron chi connectivity index (χ2n) is 6.90. The standard InChI is InChI=1S/C24H19N3O4/c28-20(29)14-25-23(30)16-9-6-10-17(13-16)26-22(15-7-2-1-3-8-15)21-18-11-4-5-12-19(18)27-24(21)31/h1-13,26H,14H2,(H,25,30)(H,27,31)(H,28,29)/b22-21-. The van der Waals surface area contributed by atoms with Crippen LogP contribution in [0.25, 0.3) is 11.3 Å². The summed E-state index contributed by atoms with van der Waals surface area (Å²) in [7, 11) is 0. The molecular formula is C24H19N3O4. The van der Waals surface area contributed by atoms with Crippen LogP contribution in [0.15, 0.2) is 78.9 Å². The minimum Gasteiger partial charge on any atom is -0.480 e. The lowest BCUT2D eigenvalue weighted by molar-refractivity contribution is -0.135. The lowest BCUT2D eigenvalue weighted by atomic mass is 10.00. The summed E-state index contributed by atoms with van der Waals surface area (Å²) in [5.41, 5.74) is 4.33. The molecule has 0 radical (unpaired) electrons. The van der Waals surface area contributed by atoms with Gasteiger partial charge in [-0.2, -0.15) is 0 Å². The van der Waals surface area contributed by atoms with E-state index in [0.29, 0.717) is 22.5 Å². The number of nitrogens with one attached hydrogen (secondary N) is 3. The van der Waals surface area contributed by atoms with Gasteiger partial charge in [-0.3, -0.25) is 14.4 Å². The molecule has 4 rings (SSSR count). The maximum atomic E-state index is 12.8. The number of amides is 2. The quantitative estimate of drug-likeness (QED) is 0.463. The van der Waals surface area contributed by atoms with Gasteiger partial charge in [0.15, 0.2) is 0 Å². The molecule has 31 heavy (non-hydrogen) atoms. The van der Waals surface area contributed by atoms with E-state index in [1.54, 1.807) is 24.3 Å². The summed E-state index contributed by atoms with van der Waals surface area (Å²) in [6, 6.07) is 23.6. The van der Waals surface area contributed by atoms with E-state index in [1.165, 1.54) is 0 Å². The number of carbonyl (C=O) groups is 3. The van der Waals surface area contributed by atoms with Crippen molar-refractivity contribution in [3.05, 3.63) is 95.6 Å². The number of hydrogen-bond donors (Lipinski definition) is 4. The first-order chi connectivity index (χ1) is 15.0. The third-order valence-electron chi connectivity index (χ3n) is 4.78. The number of carboxylic acids is 1. The average Bonchev–Trinajstić information content (AvgIpc) is 3.12. The molecule has 0 aliphatic carbocycles. The lowest BCUT2D eigenvalue weighted by Gasteiger charge is -2.15. The van der Waals surface area contributed by atoms with Crippen LogP contribution in [-0.2, 0) is 9.59 Å². The summed E-state index contributed by atoms with van der Waals surface area (Å²) in [6.45, 7) is -0.466. The van der Waals surface area contributed by atoms with Gasteiger partial charge in [0.1, 0.15) is 6.54 Å². The molecule has 1 aliphatic heterocycles. The van der Waals surface area contributed by atoms with Crippen molar-refractivity contribution in [2.24, 2.45) is 0 Å². The lowest BCUT2D eigenvalue weighted by Crippen LogP contribution is -2.29. The van der Waals surface area contributed by atoms with Crippen LogP contribution in [0.1, 0.15) is 21.5 Å². The summed E-state index contributed by atoms with van der Waals surface area (Å²) >= 11 is 0. The van der Waals surface area contributed by atoms with Gasteiger partial charge in [-0.15, -0.1) is 0 Å². The number of fused-ring (bicyclic) bond motifs is 1. The van der Waals surface area contributed by atoms with E-state index in [9.17, 15) is 14.4 Å². The van der Waals surface area contributed by atoms with Crippen molar-refractivity contribution < 1.29 is 19.5 Å². The third-order valence-corrected chi connectivity index (χ3v) is 4.78. The summed E-state index contributed by atoms with van der Waals surface area (Å²) in [4.78, 5) is 35.8. The van der Waals surface area contributed by atoms with Gasteiger partial charge in [0.05, 0.1) is 11.3 Å². The molecule has 0 fully saturated rings. The van der Waals surface area contributed by atoms with Gasteiger partial charge in [0.2, 0.25) is 0 Å². The molecule has 4 N–H and O–H groups in total. The fraction of sp³-hybridized carbons (Fsp3) is 0.0417. The molecule has 0 bridgehead atoms. The first kappa shape index (κ1) is 19.9. The zero-order valence-electron chi connectivity index (χ0n) is 16.4.